The molecule has 5 amide bonds. The number of rotatable bonds is 17. The lowest BCUT2D eigenvalue weighted by Crippen LogP contribution is -2.62. The third-order valence-corrected chi connectivity index (χ3v) is 9.54. The molecule has 1 aliphatic rings. The summed E-state index contributed by atoms with van der Waals surface area (Å²) >= 11 is 0. The fourth-order valence-electron chi connectivity index (χ4n) is 6.05. The van der Waals surface area contributed by atoms with Crippen LogP contribution in [0.3, 0.4) is 0 Å². The number of hydrogen-bond acceptors (Lipinski definition) is 10. The van der Waals surface area contributed by atoms with Crippen molar-refractivity contribution in [3.05, 3.63) is 12.2 Å². The second-order valence-electron chi connectivity index (χ2n) is 15.5. The zero-order chi connectivity index (χ0) is 41.0. The number of amides is 5. The number of nitrogens with two attached hydrogens (primary N) is 1. The number of cyclic esters (lactones) is 1. The average molecular weight is 767 g/mol. The Balaban J connectivity index is 3.65. The Hall–Kier alpha value is -3.56. The van der Waals surface area contributed by atoms with Gasteiger partial charge in [-0.05, 0) is 69.6 Å². The van der Waals surface area contributed by atoms with Gasteiger partial charge in [0, 0.05) is 0 Å². The molecule has 0 bridgehead atoms. The standard InChI is InChI=1S/C39H70N6O9/c1-9-11-12-13-14-15-16-17-18-19-30-31(40)37(51)41-27(20-23(3)4)34(48)43-29(22-46)36(50)45-33(26(8)47)38(52)42-28(21-24(5)6)35(49)44-32(25(7)10-2)39(53)54-30/h15-16,23-33,46-47H,9-14,17-22,40H2,1-8H3,(H,41,51)(H,42,52)(H,43,48)(H,44,49)(H,45,50)/b16-15-/t25-,26+,27-,28-,29-,30?,31-,32?,33-/m0/s1. The highest BCUT2D eigenvalue weighted by Crippen LogP contribution is 2.17. The van der Waals surface area contributed by atoms with Crippen molar-refractivity contribution in [2.75, 3.05) is 6.61 Å². The van der Waals surface area contributed by atoms with E-state index in [1.165, 1.54) is 13.3 Å². The molecule has 0 radical (unpaired) electrons. The molecule has 1 fully saturated rings. The van der Waals surface area contributed by atoms with Crippen LogP contribution in [0.25, 0.3) is 0 Å². The van der Waals surface area contributed by atoms with Crippen LogP contribution in [0.2, 0.25) is 0 Å². The van der Waals surface area contributed by atoms with Crippen molar-refractivity contribution in [2.45, 2.75) is 174 Å². The normalized spacial score (nSPS) is 26.9. The second-order valence-corrected chi connectivity index (χ2v) is 15.5. The van der Waals surface area contributed by atoms with Crippen molar-refractivity contribution < 1.29 is 43.7 Å². The summed E-state index contributed by atoms with van der Waals surface area (Å²) in [6.45, 7) is 13.5. The summed E-state index contributed by atoms with van der Waals surface area (Å²) in [7, 11) is 0. The minimum absolute atomic E-state index is 0.102. The van der Waals surface area contributed by atoms with Crippen molar-refractivity contribution in [1.82, 2.24) is 26.6 Å². The van der Waals surface area contributed by atoms with E-state index in [4.69, 9.17) is 10.5 Å². The molecule has 2 unspecified atom stereocenters. The lowest BCUT2D eigenvalue weighted by molar-refractivity contribution is -0.157. The van der Waals surface area contributed by atoms with E-state index >= 15 is 0 Å². The van der Waals surface area contributed by atoms with Crippen molar-refractivity contribution in [2.24, 2.45) is 23.5 Å². The molecule has 1 saturated heterocycles. The van der Waals surface area contributed by atoms with E-state index < -0.39 is 96.5 Å². The van der Waals surface area contributed by atoms with Gasteiger partial charge in [-0.15, -0.1) is 0 Å². The minimum Gasteiger partial charge on any atom is -0.459 e. The minimum atomic E-state index is -1.58. The highest BCUT2D eigenvalue weighted by Gasteiger charge is 2.38. The Bertz CT molecular complexity index is 1230. The van der Waals surface area contributed by atoms with Gasteiger partial charge in [0.05, 0.1) is 12.7 Å². The predicted octanol–water partition coefficient (Wildman–Crippen LogP) is 1.87. The van der Waals surface area contributed by atoms with E-state index in [1.807, 2.05) is 40.7 Å². The smallest absolute Gasteiger partial charge is 0.329 e. The first kappa shape index (κ1) is 48.5. The summed E-state index contributed by atoms with van der Waals surface area (Å²) in [5.74, 6) is -5.57. The van der Waals surface area contributed by atoms with Crippen molar-refractivity contribution in [1.29, 1.82) is 0 Å². The van der Waals surface area contributed by atoms with Gasteiger partial charge < -0.3 is 47.3 Å². The van der Waals surface area contributed by atoms with Gasteiger partial charge in [-0.25, -0.2) is 4.79 Å². The molecule has 1 rings (SSSR count). The van der Waals surface area contributed by atoms with Gasteiger partial charge in [-0.1, -0.05) is 86.3 Å². The SMILES string of the molecule is CCCCCC/C=C\CCCC1OC(=O)C([C@@H](C)CC)NC(=O)[C@H](CC(C)C)NC(=O)[C@H]([C@@H](C)O)NC(=O)[C@H](CO)NC(=O)[C@H](CC(C)C)NC(=O)[C@H]1N. The number of esters is 1. The van der Waals surface area contributed by atoms with E-state index in [9.17, 15) is 39.0 Å². The van der Waals surface area contributed by atoms with Crippen LogP contribution in [0.5, 0.6) is 0 Å². The lowest BCUT2D eigenvalue weighted by Gasteiger charge is -2.30. The maximum Gasteiger partial charge on any atom is 0.329 e. The molecule has 0 aliphatic carbocycles. The van der Waals surface area contributed by atoms with Crippen LogP contribution in [0, 0.1) is 17.8 Å². The number of allylic oxidation sites excluding steroid dienone is 2. The Morgan fingerprint density at radius 1 is 0.667 bits per heavy atom. The van der Waals surface area contributed by atoms with Crippen LogP contribution < -0.4 is 32.3 Å². The van der Waals surface area contributed by atoms with Gasteiger partial charge in [-0.3, -0.25) is 24.0 Å². The zero-order valence-corrected chi connectivity index (χ0v) is 33.8. The fraction of sp³-hybridized carbons (Fsp3) is 0.795. The summed E-state index contributed by atoms with van der Waals surface area (Å²) in [6.07, 6.45) is 9.27. The molecule has 0 aromatic heterocycles. The van der Waals surface area contributed by atoms with E-state index in [2.05, 4.69) is 39.6 Å². The molecule has 0 aromatic rings. The molecule has 0 spiro atoms. The monoisotopic (exact) mass is 767 g/mol. The van der Waals surface area contributed by atoms with Gasteiger partial charge in [0.2, 0.25) is 29.5 Å². The fourth-order valence-corrected chi connectivity index (χ4v) is 6.05. The van der Waals surface area contributed by atoms with Crippen LogP contribution in [0.1, 0.15) is 126 Å². The van der Waals surface area contributed by atoms with E-state index in [0.29, 0.717) is 19.3 Å². The molecule has 54 heavy (non-hydrogen) atoms. The first-order valence-electron chi connectivity index (χ1n) is 19.9. The van der Waals surface area contributed by atoms with Crippen molar-refractivity contribution in [3.8, 4) is 0 Å². The van der Waals surface area contributed by atoms with Gasteiger partial charge >= 0.3 is 5.97 Å². The average Bonchev–Trinajstić information content (AvgIpc) is 3.11. The molecule has 15 heteroatoms. The number of ether oxygens (including phenoxy) is 1. The number of hydrogen-bond donors (Lipinski definition) is 8. The first-order valence-corrected chi connectivity index (χ1v) is 19.9. The van der Waals surface area contributed by atoms with E-state index in [1.54, 1.807) is 6.92 Å². The predicted molar refractivity (Wildman–Crippen MR) is 206 cm³/mol. The van der Waals surface area contributed by atoms with Crippen LogP contribution in [0.4, 0.5) is 0 Å². The topological polar surface area (TPSA) is 238 Å². The van der Waals surface area contributed by atoms with E-state index in [-0.39, 0.29) is 31.1 Å². The zero-order valence-electron chi connectivity index (χ0n) is 33.8. The molecule has 0 saturated carbocycles. The number of aliphatic hydroxyl groups excluding tert-OH is 2. The maximum atomic E-state index is 13.9. The van der Waals surface area contributed by atoms with Crippen molar-refractivity contribution >= 4 is 35.5 Å². The first-order chi connectivity index (χ1) is 25.5. The molecule has 1 heterocycles. The highest BCUT2D eigenvalue weighted by molar-refractivity contribution is 5.97. The van der Waals surface area contributed by atoms with Crippen LogP contribution in [-0.4, -0.2) is 101 Å². The Kier molecular flexibility index (Phi) is 22.9. The molecule has 9 N–H and O–H groups in total. The van der Waals surface area contributed by atoms with Crippen molar-refractivity contribution in [3.63, 3.8) is 0 Å². The van der Waals surface area contributed by atoms with Gasteiger partial charge in [0.15, 0.2) is 0 Å². The maximum absolute atomic E-state index is 13.9. The molecular formula is C39H70N6O9. The number of nitrogens with one attached hydrogen (secondary N) is 5. The Morgan fingerprint density at radius 3 is 1.69 bits per heavy atom. The molecule has 0 aromatic carbocycles. The summed E-state index contributed by atoms with van der Waals surface area (Å²) < 4.78 is 5.96. The third kappa shape index (κ3) is 17.3. The number of unbranched alkanes of at least 4 members (excludes halogenated alkanes) is 5. The van der Waals surface area contributed by atoms with Crippen LogP contribution in [-0.2, 0) is 33.5 Å². The summed E-state index contributed by atoms with van der Waals surface area (Å²) in [5, 5.41) is 33.3. The summed E-state index contributed by atoms with van der Waals surface area (Å²) in [5.41, 5.74) is 6.50. The summed E-state index contributed by atoms with van der Waals surface area (Å²) in [6, 6.07) is -8.09. The number of carbonyl (C=O) groups excluding carboxylic acids is 6. The molecule has 15 nitrogen and oxygen atoms in total. The number of aliphatic hydroxyl groups is 2. The molecule has 9 atom stereocenters. The number of carbonyl (C=O) groups is 6. The lowest BCUT2D eigenvalue weighted by atomic mass is 9.96. The van der Waals surface area contributed by atoms with Gasteiger partial charge in [0.25, 0.3) is 0 Å². The van der Waals surface area contributed by atoms with Gasteiger partial charge in [-0.2, -0.15) is 0 Å². The van der Waals surface area contributed by atoms with Crippen LogP contribution in [0.15, 0.2) is 12.2 Å². The Labute approximate surface area is 322 Å². The molecule has 310 valence electrons. The van der Waals surface area contributed by atoms with Crippen LogP contribution >= 0.6 is 0 Å². The second kappa shape index (κ2) is 25.5. The highest BCUT2D eigenvalue weighted by atomic mass is 16.5. The Morgan fingerprint density at radius 2 is 1.17 bits per heavy atom. The third-order valence-electron chi connectivity index (χ3n) is 9.54. The largest absolute Gasteiger partial charge is 0.459 e. The van der Waals surface area contributed by atoms with E-state index in [0.717, 1.165) is 25.7 Å². The van der Waals surface area contributed by atoms with Gasteiger partial charge in [0.1, 0.15) is 42.4 Å². The quantitative estimate of drug-likeness (QED) is 0.0608. The molecule has 1 aliphatic heterocycles. The summed E-state index contributed by atoms with van der Waals surface area (Å²) in [4.78, 5) is 81.8. The molecular weight excluding hydrogens is 696 g/mol.